The first kappa shape index (κ1) is 19.6. The number of hydrogen-bond acceptors (Lipinski definition) is 5. The largest absolute Gasteiger partial charge is 0.357 e. The zero-order valence-corrected chi connectivity index (χ0v) is 16.5. The molecule has 1 saturated heterocycles. The van der Waals surface area contributed by atoms with Crippen LogP contribution in [0, 0.1) is 0 Å². The van der Waals surface area contributed by atoms with Crippen LogP contribution in [0.3, 0.4) is 0 Å². The molecule has 2 atom stereocenters. The SMILES string of the molecule is CCN(CC)c1ccc(CNC(=O)C2CC(c3cccc(Cl)c3)NN2)cn1. The molecule has 3 rings (SSSR count). The Morgan fingerprint density at radius 1 is 1.26 bits per heavy atom. The van der Waals surface area contributed by atoms with Gasteiger partial charge in [-0.1, -0.05) is 29.8 Å². The van der Waals surface area contributed by atoms with E-state index >= 15 is 0 Å². The van der Waals surface area contributed by atoms with Crippen molar-refractivity contribution in [2.75, 3.05) is 18.0 Å². The molecular weight excluding hydrogens is 362 g/mol. The number of benzene rings is 1. The molecule has 1 aliphatic rings. The average Bonchev–Trinajstić information content (AvgIpc) is 3.18. The molecule has 0 bridgehead atoms. The number of nitrogens with zero attached hydrogens (tertiary/aromatic N) is 2. The van der Waals surface area contributed by atoms with Crippen molar-refractivity contribution in [2.45, 2.75) is 38.9 Å². The average molecular weight is 388 g/mol. The first-order valence-electron chi connectivity index (χ1n) is 9.34. The lowest BCUT2D eigenvalue weighted by molar-refractivity contribution is -0.123. The van der Waals surface area contributed by atoms with Gasteiger partial charge in [0.15, 0.2) is 0 Å². The second-order valence-corrected chi connectivity index (χ2v) is 7.04. The van der Waals surface area contributed by atoms with Gasteiger partial charge in [-0.25, -0.2) is 15.8 Å². The monoisotopic (exact) mass is 387 g/mol. The summed E-state index contributed by atoms with van der Waals surface area (Å²) in [5, 5.41) is 3.68. The normalized spacial score (nSPS) is 19.1. The minimum Gasteiger partial charge on any atom is -0.357 e. The predicted molar refractivity (Wildman–Crippen MR) is 109 cm³/mol. The lowest BCUT2D eigenvalue weighted by atomic mass is 10.0. The van der Waals surface area contributed by atoms with Crippen molar-refractivity contribution < 1.29 is 4.79 Å². The Morgan fingerprint density at radius 2 is 2.07 bits per heavy atom. The van der Waals surface area contributed by atoms with Gasteiger partial charge in [0.05, 0.1) is 0 Å². The van der Waals surface area contributed by atoms with Gasteiger partial charge in [0.25, 0.3) is 0 Å². The van der Waals surface area contributed by atoms with E-state index in [1.165, 1.54) is 0 Å². The van der Waals surface area contributed by atoms with Crippen LogP contribution in [0.25, 0.3) is 0 Å². The Kier molecular flexibility index (Phi) is 6.66. The maximum absolute atomic E-state index is 12.5. The van der Waals surface area contributed by atoms with Crippen molar-refractivity contribution >= 4 is 23.3 Å². The van der Waals surface area contributed by atoms with Gasteiger partial charge in [0.2, 0.25) is 5.91 Å². The Labute approximate surface area is 165 Å². The molecule has 1 aromatic heterocycles. The minimum absolute atomic E-state index is 0.0279. The number of anilines is 1. The fourth-order valence-electron chi connectivity index (χ4n) is 3.24. The Bertz CT molecular complexity index is 763. The van der Waals surface area contributed by atoms with Crippen molar-refractivity contribution in [3.8, 4) is 0 Å². The number of amides is 1. The van der Waals surface area contributed by atoms with Gasteiger partial charge in [0, 0.05) is 36.9 Å². The summed E-state index contributed by atoms with van der Waals surface area (Å²) in [4.78, 5) is 19.1. The van der Waals surface area contributed by atoms with Crippen LogP contribution in [0.1, 0.15) is 37.4 Å². The molecule has 0 saturated carbocycles. The third-order valence-corrected chi connectivity index (χ3v) is 5.07. The number of hydrazine groups is 1. The number of carbonyl (C=O) groups excluding carboxylic acids is 1. The van der Waals surface area contributed by atoms with Crippen molar-refractivity contribution in [3.05, 3.63) is 58.7 Å². The Hall–Kier alpha value is -2.15. The summed E-state index contributed by atoms with van der Waals surface area (Å²) < 4.78 is 0. The molecule has 1 aromatic carbocycles. The van der Waals surface area contributed by atoms with Crippen LogP contribution in [0.15, 0.2) is 42.6 Å². The summed E-state index contributed by atoms with van der Waals surface area (Å²) in [6, 6.07) is 11.5. The summed E-state index contributed by atoms with van der Waals surface area (Å²) in [7, 11) is 0. The molecule has 144 valence electrons. The zero-order chi connectivity index (χ0) is 19.2. The molecular formula is C20H26ClN5O. The Balaban J connectivity index is 1.51. The van der Waals surface area contributed by atoms with Crippen LogP contribution < -0.4 is 21.1 Å². The van der Waals surface area contributed by atoms with Gasteiger partial charge in [-0.3, -0.25) is 4.79 Å². The first-order valence-corrected chi connectivity index (χ1v) is 9.72. The Morgan fingerprint density at radius 3 is 2.74 bits per heavy atom. The second-order valence-electron chi connectivity index (χ2n) is 6.60. The van der Waals surface area contributed by atoms with E-state index < -0.39 is 0 Å². The standard InChI is InChI=1S/C20H26ClN5O/c1-3-26(4-2)19-9-8-14(12-22-19)13-23-20(27)18-11-17(24-25-18)15-6-5-7-16(21)10-15/h5-10,12,17-18,24-25H,3-4,11,13H2,1-2H3,(H,23,27). The highest BCUT2D eigenvalue weighted by Crippen LogP contribution is 2.24. The third kappa shape index (κ3) is 4.97. The summed E-state index contributed by atoms with van der Waals surface area (Å²) in [5.41, 5.74) is 8.30. The van der Waals surface area contributed by atoms with Crippen molar-refractivity contribution in [2.24, 2.45) is 0 Å². The third-order valence-electron chi connectivity index (χ3n) is 4.83. The van der Waals surface area contributed by atoms with E-state index in [-0.39, 0.29) is 18.0 Å². The number of carbonyl (C=O) groups is 1. The van der Waals surface area contributed by atoms with Crippen LogP contribution >= 0.6 is 11.6 Å². The molecule has 2 unspecified atom stereocenters. The molecule has 1 amide bonds. The van der Waals surface area contributed by atoms with Crippen LogP contribution in [0.2, 0.25) is 5.02 Å². The van der Waals surface area contributed by atoms with E-state index in [9.17, 15) is 4.79 Å². The topological polar surface area (TPSA) is 69.3 Å². The minimum atomic E-state index is -0.281. The highest BCUT2D eigenvalue weighted by atomic mass is 35.5. The summed E-state index contributed by atoms with van der Waals surface area (Å²) >= 11 is 6.05. The van der Waals surface area contributed by atoms with E-state index in [2.05, 4.69) is 39.9 Å². The molecule has 1 fully saturated rings. The highest BCUT2D eigenvalue weighted by Gasteiger charge is 2.30. The number of nitrogens with one attached hydrogen (secondary N) is 3. The van der Waals surface area contributed by atoms with Crippen molar-refractivity contribution in [3.63, 3.8) is 0 Å². The van der Waals surface area contributed by atoms with Gasteiger partial charge >= 0.3 is 0 Å². The summed E-state index contributed by atoms with van der Waals surface area (Å²) in [6.45, 7) is 6.53. The molecule has 0 radical (unpaired) electrons. The highest BCUT2D eigenvalue weighted by molar-refractivity contribution is 6.30. The fourth-order valence-corrected chi connectivity index (χ4v) is 3.44. The molecule has 6 nitrogen and oxygen atoms in total. The molecule has 2 heterocycles. The number of halogens is 1. The van der Waals surface area contributed by atoms with Gasteiger partial charge < -0.3 is 10.2 Å². The van der Waals surface area contributed by atoms with E-state index in [0.717, 1.165) is 30.0 Å². The molecule has 0 aliphatic carbocycles. The van der Waals surface area contributed by atoms with E-state index in [4.69, 9.17) is 11.6 Å². The molecule has 3 N–H and O–H groups in total. The predicted octanol–water partition coefficient (Wildman–Crippen LogP) is 2.81. The molecule has 0 spiro atoms. The lowest BCUT2D eigenvalue weighted by Crippen LogP contribution is -2.42. The number of hydrogen-bond donors (Lipinski definition) is 3. The summed E-state index contributed by atoms with van der Waals surface area (Å²) in [6.07, 6.45) is 2.49. The smallest absolute Gasteiger partial charge is 0.238 e. The number of rotatable bonds is 7. The van der Waals surface area contributed by atoms with Crippen LogP contribution in [0.5, 0.6) is 0 Å². The second kappa shape index (κ2) is 9.17. The lowest BCUT2D eigenvalue weighted by Gasteiger charge is -2.19. The van der Waals surface area contributed by atoms with Crippen LogP contribution in [-0.4, -0.2) is 30.0 Å². The molecule has 1 aliphatic heterocycles. The van der Waals surface area contributed by atoms with Crippen LogP contribution in [-0.2, 0) is 11.3 Å². The van der Waals surface area contributed by atoms with E-state index in [1.54, 1.807) is 0 Å². The maximum atomic E-state index is 12.5. The molecule has 2 aromatic rings. The van der Waals surface area contributed by atoms with Gasteiger partial charge in [-0.05, 0) is 49.6 Å². The van der Waals surface area contributed by atoms with Crippen LogP contribution in [0.4, 0.5) is 5.82 Å². The van der Waals surface area contributed by atoms with E-state index in [0.29, 0.717) is 18.0 Å². The van der Waals surface area contributed by atoms with Crippen molar-refractivity contribution in [1.29, 1.82) is 0 Å². The molecule has 27 heavy (non-hydrogen) atoms. The van der Waals surface area contributed by atoms with Gasteiger partial charge in [0.1, 0.15) is 11.9 Å². The van der Waals surface area contributed by atoms with Crippen molar-refractivity contribution in [1.82, 2.24) is 21.2 Å². The number of pyridine rings is 1. The maximum Gasteiger partial charge on any atom is 0.238 e. The molecule has 7 heteroatoms. The first-order chi connectivity index (χ1) is 13.1. The van der Waals surface area contributed by atoms with E-state index in [1.807, 2.05) is 42.6 Å². The number of aromatic nitrogens is 1. The van der Waals surface area contributed by atoms with Gasteiger partial charge in [-0.15, -0.1) is 0 Å². The van der Waals surface area contributed by atoms with Gasteiger partial charge in [-0.2, -0.15) is 0 Å². The zero-order valence-electron chi connectivity index (χ0n) is 15.7. The fraction of sp³-hybridized carbons (Fsp3) is 0.400. The summed E-state index contributed by atoms with van der Waals surface area (Å²) in [5.74, 6) is 0.931. The quantitative estimate of drug-likeness (QED) is 0.681.